The minimum Gasteiger partial charge on any atom is -0.361 e. The first-order chi connectivity index (χ1) is 12.0. The molecular weight excluding hydrogens is 369 g/mol. The zero-order valence-corrected chi connectivity index (χ0v) is 18.2. The molecule has 0 bridgehead atoms. The third kappa shape index (κ3) is 5.56. The Kier molecular flexibility index (Phi) is 6.52. The van der Waals surface area contributed by atoms with Crippen molar-refractivity contribution in [2.75, 3.05) is 6.61 Å². The summed E-state index contributed by atoms with van der Waals surface area (Å²) in [4.78, 5) is 4.16. The van der Waals surface area contributed by atoms with Gasteiger partial charge in [-0.2, -0.15) is 4.40 Å². The molecule has 0 unspecified atom stereocenters. The van der Waals surface area contributed by atoms with Gasteiger partial charge in [0.1, 0.15) is 23.2 Å². The van der Waals surface area contributed by atoms with Crippen LogP contribution >= 0.6 is 0 Å². The summed E-state index contributed by atoms with van der Waals surface area (Å²) in [6, 6.07) is 4.50. The summed E-state index contributed by atoms with van der Waals surface area (Å²) in [5.41, 5.74) is 1.22. The normalized spacial score (nSPS) is 14.4. The molecule has 2 aromatic rings. The van der Waals surface area contributed by atoms with Crippen LogP contribution in [0.3, 0.4) is 0 Å². The third-order valence-electron chi connectivity index (χ3n) is 3.80. The minimum absolute atomic E-state index is 0.268. The smallest absolute Gasteiger partial charge is 0.159 e. The molecule has 0 aliphatic rings. The Morgan fingerprint density at radius 2 is 2.04 bits per heavy atom. The summed E-state index contributed by atoms with van der Waals surface area (Å²) in [7, 11) is -2.56. The van der Waals surface area contributed by atoms with Crippen LogP contribution in [-0.2, 0) is 22.5 Å². The van der Waals surface area contributed by atoms with E-state index in [2.05, 4.69) is 29.0 Å². The molecule has 5 nitrogen and oxygen atoms in total. The van der Waals surface area contributed by atoms with Gasteiger partial charge in [-0.3, -0.25) is 0 Å². The van der Waals surface area contributed by atoms with Crippen LogP contribution in [0.25, 0.3) is 11.0 Å². The van der Waals surface area contributed by atoms with Gasteiger partial charge < -0.3 is 9.30 Å². The van der Waals surface area contributed by atoms with Gasteiger partial charge in [0, 0.05) is 26.5 Å². The average Bonchev–Trinajstić information content (AvgIpc) is 2.92. The fraction of sp³-hybridized carbons (Fsp3) is 0.556. The molecule has 0 aliphatic heterocycles. The Labute approximate surface area is 158 Å². The maximum atomic E-state index is 14.7. The van der Waals surface area contributed by atoms with Crippen molar-refractivity contribution in [2.45, 2.75) is 57.9 Å². The van der Waals surface area contributed by atoms with Crippen LogP contribution in [0.2, 0.25) is 25.7 Å². The molecular formula is C18H28FN3O2SSi. The highest BCUT2D eigenvalue weighted by Gasteiger charge is 2.19. The van der Waals surface area contributed by atoms with E-state index in [1.54, 1.807) is 23.0 Å². The Morgan fingerprint density at radius 3 is 2.65 bits per heavy atom. The van der Waals surface area contributed by atoms with Crippen LogP contribution in [0.15, 0.2) is 22.9 Å². The van der Waals surface area contributed by atoms with Crippen LogP contribution in [0.1, 0.15) is 26.3 Å². The van der Waals surface area contributed by atoms with Gasteiger partial charge in [-0.05, 0) is 38.9 Å². The van der Waals surface area contributed by atoms with Gasteiger partial charge in [0.05, 0.1) is 16.6 Å². The Balaban J connectivity index is 2.13. The van der Waals surface area contributed by atoms with E-state index in [1.807, 2.05) is 20.8 Å². The first kappa shape index (κ1) is 20.9. The van der Waals surface area contributed by atoms with Crippen LogP contribution in [0, 0.1) is 5.82 Å². The molecule has 1 aromatic heterocycles. The highest BCUT2D eigenvalue weighted by Crippen LogP contribution is 2.20. The van der Waals surface area contributed by atoms with Gasteiger partial charge in [0.2, 0.25) is 0 Å². The molecule has 26 heavy (non-hydrogen) atoms. The number of hydrogen-bond donors (Lipinski definition) is 0. The summed E-state index contributed by atoms with van der Waals surface area (Å²) in [6.07, 6.45) is 2.90. The zero-order valence-electron chi connectivity index (χ0n) is 16.4. The summed E-state index contributed by atoms with van der Waals surface area (Å²) < 4.78 is 37.7. The lowest BCUT2D eigenvalue weighted by atomic mass is 10.2. The summed E-state index contributed by atoms with van der Waals surface area (Å²) in [5.74, 6) is -0.460. The second-order valence-electron chi connectivity index (χ2n) is 8.49. The summed E-state index contributed by atoms with van der Waals surface area (Å²) in [6.45, 7) is 13.4. The number of ether oxygens (including phenoxy) is 1. The molecule has 1 heterocycles. The lowest BCUT2D eigenvalue weighted by Gasteiger charge is -2.15. The van der Waals surface area contributed by atoms with Crippen molar-refractivity contribution < 1.29 is 13.3 Å². The highest BCUT2D eigenvalue weighted by molar-refractivity contribution is 7.85. The van der Waals surface area contributed by atoms with Crippen molar-refractivity contribution in [3.8, 4) is 0 Å². The highest BCUT2D eigenvalue weighted by atomic mass is 32.2. The fourth-order valence-electron chi connectivity index (χ4n) is 2.12. The molecule has 2 rings (SSSR count). The van der Waals surface area contributed by atoms with Crippen molar-refractivity contribution in [1.29, 1.82) is 0 Å². The van der Waals surface area contributed by atoms with E-state index in [0.29, 0.717) is 18.9 Å². The molecule has 0 aliphatic carbocycles. The topological polar surface area (TPSA) is 56.5 Å². The number of hydrogen-bond acceptors (Lipinski definition) is 3. The molecule has 0 radical (unpaired) electrons. The largest absolute Gasteiger partial charge is 0.361 e. The second-order valence-corrected chi connectivity index (χ2v) is 16.1. The molecule has 0 spiro atoms. The minimum atomic E-state index is -1.43. The Morgan fingerprint density at radius 1 is 1.35 bits per heavy atom. The zero-order chi connectivity index (χ0) is 19.5. The molecule has 0 amide bonds. The molecule has 1 aromatic carbocycles. The summed E-state index contributed by atoms with van der Waals surface area (Å²) in [5, 5.41) is 0. The van der Waals surface area contributed by atoms with E-state index in [4.69, 9.17) is 4.74 Å². The average molecular weight is 398 g/mol. The Bertz CT molecular complexity index is 822. The monoisotopic (exact) mass is 397 g/mol. The first-order valence-corrected chi connectivity index (χ1v) is 13.5. The van der Waals surface area contributed by atoms with E-state index in [9.17, 15) is 8.60 Å². The number of nitrogens with zero attached hydrogens (tertiary/aromatic N) is 3. The lowest BCUT2D eigenvalue weighted by molar-refractivity contribution is 0.0898. The van der Waals surface area contributed by atoms with Crippen molar-refractivity contribution >= 4 is 36.3 Å². The fourth-order valence-corrected chi connectivity index (χ4v) is 3.40. The Hall–Kier alpha value is -1.38. The number of fused-ring (bicyclic) bond motifs is 1. The standard InChI is InChI=1S/C18H28FN3O2SSi/c1-18(2,3)25(23)21-11-14-7-8-15-17(16(14)19)20-12-22(15)13-24-9-10-26(4,5)6/h7-8,11-12H,9-10,13H2,1-6H3/b21-11+/t25-/m1/s1. The van der Waals surface area contributed by atoms with Gasteiger partial charge in [0.15, 0.2) is 5.82 Å². The predicted molar refractivity (Wildman–Crippen MR) is 109 cm³/mol. The molecule has 0 N–H and O–H groups in total. The lowest BCUT2D eigenvalue weighted by Crippen LogP contribution is -2.21. The van der Waals surface area contributed by atoms with Crippen molar-refractivity contribution in [1.82, 2.24) is 9.55 Å². The molecule has 144 valence electrons. The van der Waals surface area contributed by atoms with Gasteiger partial charge >= 0.3 is 0 Å². The quantitative estimate of drug-likeness (QED) is 0.396. The van der Waals surface area contributed by atoms with Crippen molar-refractivity contribution in [3.05, 3.63) is 29.8 Å². The molecule has 0 saturated heterocycles. The van der Waals surface area contributed by atoms with E-state index in [-0.39, 0.29) is 11.1 Å². The van der Waals surface area contributed by atoms with Gasteiger partial charge in [-0.1, -0.05) is 19.6 Å². The van der Waals surface area contributed by atoms with Crippen LogP contribution in [0.4, 0.5) is 4.39 Å². The van der Waals surface area contributed by atoms with E-state index in [0.717, 1.165) is 6.04 Å². The van der Waals surface area contributed by atoms with Gasteiger partial charge in [0.25, 0.3) is 0 Å². The maximum absolute atomic E-state index is 14.7. The molecule has 0 saturated carbocycles. The first-order valence-electron chi connectivity index (χ1n) is 8.66. The van der Waals surface area contributed by atoms with E-state index >= 15 is 0 Å². The van der Waals surface area contributed by atoms with Crippen LogP contribution < -0.4 is 0 Å². The van der Waals surface area contributed by atoms with E-state index in [1.165, 1.54) is 6.21 Å². The number of halogens is 1. The van der Waals surface area contributed by atoms with Crippen molar-refractivity contribution in [2.24, 2.45) is 4.40 Å². The number of rotatable bonds is 7. The SMILES string of the molecule is CC(C)(C)[S@@](=O)/N=C/c1ccc2c(ncn2COCC[Si](C)(C)C)c1F. The van der Waals surface area contributed by atoms with E-state index < -0.39 is 29.6 Å². The molecule has 8 heteroatoms. The molecule has 0 fully saturated rings. The number of imidazole rings is 1. The number of benzene rings is 1. The van der Waals surface area contributed by atoms with Gasteiger partial charge in [-0.15, -0.1) is 0 Å². The maximum Gasteiger partial charge on any atom is 0.159 e. The van der Waals surface area contributed by atoms with Crippen molar-refractivity contribution in [3.63, 3.8) is 0 Å². The van der Waals surface area contributed by atoms with Crippen LogP contribution in [0.5, 0.6) is 0 Å². The van der Waals surface area contributed by atoms with Crippen LogP contribution in [-0.4, -0.2) is 39.4 Å². The number of aromatic nitrogens is 2. The van der Waals surface area contributed by atoms with Gasteiger partial charge in [-0.25, -0.2) is 13.6 Å². The third-order valence-corrected chi connectivity index (χ3v) is 6.85. The molecule has 1 atom stereocenters. The second kappa shape index (κ2) is 8.10. The summed E-state index contributed by atoms with van der Waals surface area (Å²) >= 11 is 0. The predicted octanol–water partition coefficient (Wildman–Crippen LogP) is 4.37.